The number of rotatable bonds is 6. The van der Waals surface area contributed by atoms with Gasteiger partial charge in [0.15, 0.2) is 5.16 Å². The monoisotopic (exact) mass is 623 g/mol. The van der Waals surface area contributed by atoms with Gasteiger partial charge in [-0.05, 0) is 91.4 Å². The summed E-state index contributed by atoms with van der Waals surface area (Å²) in [6.45, 7) is 5.73. The summed E-state index contributed by atoms with van der Waals surface area (Å²) in [4.78, 5) is 18.8. The molecule has 6 rings (SSSR count). The number of hydrogen-bond acceptors (Lipinski definition) is 4. The van der Waals surface area contributed by atoms with Gasteiger partial charge in [0.25, 0.3) is 0 Å². The quantitative estimate of drug-likeness (QED) is 0.207. The Balaban J connectivity index is 1.39. The third-order valence-corrected chi connectivity index (χ3v) is 9.68. The number of nitrogens with zero attached hydrogens (tertiary/aromatic N) is 2. The Labute approximate surface area is 253 Å². The molecule has 5 aromatic rings. The van der Waals surface area contributed by atoms with E-state index in [1.807, 2.05) is 23.6 Å². The Morgan fingerprint density at radius 2 is 1.88 bits per heavy atom. The van der Waals surface area contributed by atoms with Crippen LogP contribution in [0.1, 0.15) is 52.4 Å². The third-order valence-electron chi connectivity index (χ3n) is 7.42. The third kappa shape index (κ3) is 5.61. The first-order valence-corrected chi connectivity index (χ1v) is 15.5. The average molecular weight is 624 g/mol. The van der Waals surface area contributed by atoms with Crippen molar-refractivity contribution in [1.82, 2.24) is 14.5 Å². The lowest BCUT2D eigenvalue weighted by atomic mass is 9.83. The van der Waals surface area contributed by atoms with Crippen molar-refractivity contribution < 1.29 is 13.2 Å². The van der Waals surface area contributed by atoms with Gasteiger partial charge >= 0.3 is 4.87 Å². The van der Waals surface area contributed by atoms with Crippen LogP contribution < -0.4 is 14.8 Å². The Morgan fingerprint density at radius 3 is 2.55 bits per heavy atom. The summed E-state index contributed by atoms with van der Waals surface area (Å²) >= 11 is 8.47. The van der Waals surface area contributed by atoms with Gasteiger partial charge in [0.1, 0.15) is 17.5 Å². The normalized spacial score (nSPS) is 15.3. The molecule has 0 saturated heterocycles. The minimum atomic E-state index is -0.693. The average Bonchev–Trinajstić information content (AvgIpc) is 3.48. The molecule has 1 aliphatic rings. The molecule has 1 unspecified atom stereocenters. The van der Waals surface area contributed by atoms with Crippen molar-refractivity contribution in [2.75, 3.05) is 0 Å². The maximum atomic E-state index is 15.2. The predicted molar refractivity (Wildman–Crippen MR) is 164 cm³/mol. The molecule has 0 bridgehead atoms. The molecule has 0 saturated carbocycles. The second-order valence-corrected chi connectivity index (χ2v) is 12.6. The number of thioether (sulfide) groups is 1. The van der Waals surface area contributed by atoms with Gasteiger partial charge in [-0.1, -0.05) is 53.4 Å². The van der Waals surface area contributed by atoms with E-state index in [2.05, 4.69) is 17.6 Å². The summed E-state index contributed by atoms with van der Waals surface area (Å²) < 4.78 is 46.9. The number of H-pyrrole nitrogens is 1. The van der Waals surface area contributed by atoms with Gasteiger partial charge in [0, 0.05) is 27.9 Å². The van der Waals surface area contributed by atoms with Crippen LogP contribution in [-0.4, -0.2) is 14.5 Å². The van der Waals surface area contributed by atoms with Crippen molar-refractivity contribution in [3.05, 3.63) is 130 Å². The van der Waals surface area contributed by atoms with Crippen LogP contribution in [-0.2, 0) is 12.2 Å². The summed E-state index contributed by atoms with van der Waals surface area (Å²) in [6.07, 6.45) is 4.14. The number of fused-ring (bicyclic) bond motifs is 1. The van der Waals surface area contributed by atoms with Crippen LogP contribution in [0, 0.1) is 24.4 Å². The summed E-state index contributed by atoms with van der Waals surface area (Å²) in [7, 11) is 0. The highest BCUT2D eigenvalue weighted by Crippen LogP contribution is 2.42. The summed E-state index contributed by atoms with van der Waals surface area (Å²) in [6, 6.07) is 14.7. The van der Waals surface area contributed by atoms with E-state index in [9.17, 15) is 9.18 Å². The standard InChI is InChI=1S/C32H25ClF3N3OS2/c1-17-12-20(6-11-25(17)33)23-4-3-5-28-30(23)39(22-9-7-21(34)8-10-22)31(38-28)41-16-24-26(35)13-19(14-27(24)36)15-29-18(2)37-32(40)42-29/h6-15,23H,2-5,16H2,1H3,(H,37,40)/b29-15-. The zero-order valence-electron chi connectivity index (χ0n) is 22.5. The molecule has 0 fully saturated rings. The maximum absolute atomic E-state index is 15.2. The molecule has 214 valence electrons. The van der Waals surface area contributed by atoms with E-state index < -0.39 is 11.6 Å². The first-order valence-electron chi connectivity index (χ1n) is 13.3. The fourth-order valence-corrected chi connectivity index (χ4v) is 7.29. The minimum Gasteiger partial charge on any atom is -0.313 e. The van der Waals surface area contributed by atoms with Gasteiger partial charge in [-0.25, -0.2) is 18.2 Å². The Morgan fingerprint density at radius 1 is 1.14 bits per heavy atom. The number of hydrogen-bond donors (Lipinski definition) is 1. The summed E-state index contributed by atoms with van der Waals surface area (Å²) in [5.74, 6) is -1.71. The van der Waals surface area contributed by atoms with Crippen LogP contribution >= 0.6 is 34.7 Å². The summed E-state index contributed by atoms with van der Waals surface area (Å²) in [5.41, 5.74) is 4.95. The van der Waals surface area contributed by atoms with Crippen molar-refractivity contribution in [1.29, 1.82) is 0 Å². The fraction of sp³-hybridized carbons (Fsp3) is 0.188. The molecule has 0 spiro atoms. The van der Waals surface area contributed by atoms with Crippen molar-refractivity contribution in [3.63, 3.8) is 0 Å². The number of aryl methyl sites for hydroxylation is 2. The molecular formula is C32H25ClF3N3OS2. The Bertz CT molecular complexity index is 1960. The number of benzene rings is 3. The molecule has 3 aromatic carbocycles. The van der Waals surface area contributed by atoms with Crippen LogP contribution in [0.15, 0.2) is 64.5 Å². The molecule has 2 heterocycles. The highest BCUT2D eigenvalue weighted by atomic mass is 35.5. The van der Waals surface area contributed by atoms with Crippen LogP contribution in [0.5, 0.6) is 0 Å². The van der Waals surface area contributed by atoms with Gasteiger partial charge in [0.2, 0.25) is 0 Å². The number of thiazole rings is 1. The van der Waals surface area contributed by atoms with E-state index in [4.69, 9.17) is 16.6 Å². The van der Waals surface area contributed by atoms with Crippen molar-refractivity contribution >= 4 is 47.4 Å². The predicted octanol–water partition coefficient (Wildman–Crippen LogP) is 7.00. The van der Waals surface area contributed by atoms with Crippen LogP contribution in [0.4, 0.5) is 13.2 Å². The van der Waals surface area contributed by atoms with Crippen LogP contribution in [0.2, 0.25) is 5.02 Å². The lowest BCUT2D eigenvalue weighted by molar-refractivity contribution is 0.565. The number of aromatic nitrogens is 3. The molecule has 10 heteroatoms. The first-order chi connectivity index (χ1) is 20.2. The number of aromatic amines is 1. The number of nitrogens with one attached hydrogen (secondary N) is 1. The van der Waals surface area contributed by atoms with Gasteiger partial charge < -0.3 is 4.98 Å². The molecule has 2 aromatic heterocycles. The smallest absolute Gasteiger partial charge is 0.305 e. The zero-order valence-corrected chi connectivity index (χ0v) is 24.9. The van der Waals surface area contributed by atoms with Gasteiger partial charge in [-0.2, -0.15) is 0 Å². The zero-order chi connectivity index (χ0) is 29.5. The molecule has 0 radical (unpaired) electrons. The lowest BCUT2D eigenvalue weighted by Crippen LogP contribution is -2.19. The Kier molecular flexibility index (Phi) is 7.91. The maximum Gasteiger partial charge on any atom is 0.305 e. The SMILES string of the molecule is C=c1[nH]c(=O)s/c1=C\c1cc(F)c(CSc2nc3c(n2-c2ccc(F)cc2)C(c2ccc(Cl)c(C)c2)CCC3)c(F)c1. The van der Waals surface area contributed by atoms with Gasteiger partial charge in [-0.3, -0.25) is 9.36 Å². The van der Waals surface area contributed by atoms with Crippen molar-refractivity contribution in [2.45, 2.75) is 43.0 Å². The Hall–Kier alpha value is -3.53. The molecule has 1 N–H and O–H groups in total. The minimum absolute atomic E-state index is 0.00216. The second kappa shape index (κ2) is 11.6. The van der Waals surface area contributed by atoms with Crippen molar-refractivity contribution in [3.8, 4) is 5.69 Å². The van der Waals surface area contributed by atoms with Crippen LogP contribution in [0.25, 0.3) is 18.3 Å². The lowest BCUT2D eigenvalue weighted by Gasteiger charge is -2.25. The van der Waals surface area contributed by atoms with E-state index >= 15 is 8.78 Å². The number of imidazole rings is 1. The molecule has 4 nitrogen and oxygen atoms in total. The molecule has 42 heavy (non-hydrogen) atoms. The van der Waals surface area contributed by atoms with E-state index in [-0.39, 0.29) is 27.9 Å². The van der Waals surface area contributed by atoms with E-state index in [1.54, 1.807) is 12.1 Å². The van der Waals surface area contributed by atoms with E-state index in [0.29, 0.717) is 25.6 Å². The molecule has 0 aliphatic heterocycles. The molecule has 0 amide bonds. The van der Waals surface area contributed by atoms with Gasteiger partial charge in [-0.15, -0.1) is 0 Å². The largest absolute Gasteiger partial charge is 0.313 e. The molecule has 1 aliphatic carbocycles. The number of halogens is 4. The summed E-state index contributed by atoms with van der Waals surface area (Å²) in [5, 5.41) is 1.67. The van der Waals surface area contributed by atoms with Gasteiger partial charge in [0.05, 0.1) is 21.3 Å². The topological polar surface area (TPSA) is 50.7 Å². The highest BCUT2D eigenvalue weighted by Gasteiger charge is 2.30. The van der Waals surface area contributed by atoms with Crippen LogP contribution in [0.3, 0.4) is 0 Å². The molecule has 1 atom stereocenters. The van der Waals surface area contributed by atoms with Crippen molar-refractivity contribution in [2.24, 2.45) is 0 Å². The first kappa shape index (κ1) is 28.6. The molecular weight excluding hydrogens is 599 g/mol. The highest BCUT2D eigenvalue weighted by molar-refractivity contribution is 7.98. The van der Waals surface area contributed by atoms with E-state index in [1.165, 1.54) is 42.1 Å². The fourth-order valence-electron chi connectivity index (χ4n) is 5.37. The second-order valence-electron chi connectivity index (χ2n) is 10.2. The van der Waals surface area contributed by atoms with E-state index in [0.717, 1.165) is 58.8 Å².